The second-order valence-corrected chi connectivity index (χ2v) is 7.71. The minimum Gasteiger partial charge on any atom is -0.334 e. The summed E-state index contributed by atoms with van der Waals surface area (Å²) in [4.78, 5) is 9.31. The molecule has 0 saturated heterocycles. The van der Waals surface area contributed by atoms with Crippen molar-refractivity contribution in [1.29, 1.82) is 0 Å². The molecule has 1 aliphatic heterocycles. The summed E-state index contributed by atoms with van der Waals surface area (Å²) in [5.41, 5.74) is 4.88. The molecular weight excluding hydrogens is 393 g/mol. The lowest BCUT2D eigenvalue weighted by Gasteiger charge is -2.25. The quantitative estimate of drug-likeness (QED) is 0.502. The highest BCUT2D eigenvalue weighted by Crippen LogP contribution is 2.44. The van der Waals surface area contributed by atoms with Crippen LogP contribution in [0.4, 0.5) is 0 Å². The van der Waals surface area contributed by atoms with Gasteiger partial charge >= 0.3 is 0 Å². The van der Waals surface area contributed by atoms with Crippen LogP contribution in [-0.4, -0.2) is 15.9 Å². The summed E-state index contributed by atoms with van der Waals surface area (Å²) in [7, 11) is 0. The molecule has 0 spiro atoms. The molecule has 142 valence electrons. The Balaban J connectivity index is 1.73. The van der Waals surface area contributed by atoms with Crippen molar-refractivity contribution < 1.29 is 4.52 Å². The van der Waals surface area contributed by atoms with Crippen LogP contribution >= 0.6 is 23.2 Å². The summed E-state index contributed by atoms with van der Waals surface area (Å²) < 4.78 is 5.64. The fourth-order valence-electron chi connectivity index (χ4n) is 3.61. The van der Waals surface area contributed by atoms with Crippen molar-refractivity contribution in [1.82, 2.24) is 10.1 Å². The van der Waals surface area contributed by atoms with Gasteiger partial charge in [0.2, 0.25) is 0 Å². The fourth-order valence-corrected chi connectivity index (χ4v) is 4.05. The maximum Gasteiger partial charge on any atom is 0.256 e. The number of halogens is 2. The van der Waals surface area contributed by atoms with Gasteiger partial charge in [0.15, 0.2) is 5.82 Å². The SMILES string of the molecule is CC1=NC(C)=C(c2nc(Cc3ccccc3)no2)C(c2cccc(Cl)c2Cl)C1. The Morgan fingerprint density at radius 1 is 1.04 bits per heavy atom. The molecule has 2 heterocycles. The molecule has 4 rings (SSSR count). The first kappa shape index (κ1) is 18.9. The van der Waals surface area contributed by atoms with E-state index in [1.165, 1.54) is 0 Å². The van der Waals surface area contributed by atoms with E-state index in [0.29, 0.717) is 28.2 Å². The molecule has 0 saturated carbocycles. The number of benzene rings is 2. The van der Waals surface area contributed by atoms with E-state index >= 15 is 0 Å². The molecule has 1 aliphatic rings. The smallest absolute Gasteiger partial charge is 0.256 e. The van der Waals surface area contributed by atoms with Crippen molar-refractivity contribution in [3.8, 4) is 0 Å². The number of nitrogens with zero attached hydrogens (tertiary/aromatic N) is 3. The Morgan fingerprint density at radius 3 is 2.61 bits per heavy atom. The molecule has 0 N–H and O–H groups in total. The van der Waals surface area contributed by atoms with Gasteiger partial charge in [-0.05, 0) is 37.5 Å². The lowest BCUT2D eigenvalue weighted by Crippen LogP contribution is -2.14. The molecule has 2 aromatic carbocycles. The van der Waals surface area contributed by atoms with Crippen LogP contribution in [0.15, 0.2) is 63.7 Å². The van der Waals surface area contributed by atoms with Crippen LogP contribution in [0.2, 0.25) is 10.0 Å². The molecule has 3 aromatic rings. The lowest BCUT2D eigenvalue weighted by atomic mass is 9.83. The third-order valence-electron chi connectivity index (χ3n) is 4.86. The maximum atomic E-state index is 6.53. The average Bonchev–Trinajstić information content (AvgIpc) is 3.12. The highest BCUT2D eigenvalue weighted by atomic mass is 35.5. The third-order valence-corrected chi connectivity index (χ3v) is 5.69. The Kier molecular flexibility index (Phi) is 5.33. The van der Waals surface area contributed by atoms with Crippen molar-refractivity contribution in [2.24, 2.45) is 4.99 Å². The van der Waals surface area contributed by atoms with E-state index in [-0.39, 0.29) is 5.92 Å². The van der Waals surface area contributed by atoms with E-state index < -0.39 is 0 Å². The van der Waals surface area contributed by atoms with Gasteiger partial charge in [0.05, 0.1) is 10.0 Å². The molecule has 28 heavy (non-hydrogen) atoms. The van der Waals surface area contributed by atoms with E-state index in [1.54, 1.807) is 6.07 Å². The third kappa shape index (κ3) is 3.75. The molecule has 0 aliphatic carbocycles. The summed E-state index contributed by atoms with van der Waals surface area (Å²) in [5.74, 6) is 1.10. The summed E-state index contributed by atoms with van der Waals surface area (Å²) in [6.45, 7) is 3.98. The highest BCUT2D eigenvalue weighted by Gasteiger charge is 2.30. The van der Waals surface area contributed by atoms with E-state index in [9.17, 15) is 0 Å². The molecule has 1 aromatic heterocycles. The van der Waals surface area contributed by atoms with E-state index in [2.05, 4.69) is 15.1 Å². The van der Waals surface area contributed by atoms with Crippen LogP contribution in [0.5, 0.6) is 0 Å². The summed E-state index contributed by atoms with van der Waals surface area (Å²) >= 11 is 12.8. The molecule has 0 fully saturated rings. The zero-order valence-electron chi connectivity index (χ0n) is 15.6. The number of rotatable bonds is 4. The predicted octanol–water partition coefficient (Wildman–Crippen LogP) is 6.35. The van der Waals surface area contributed by atoms with E-state index in [0.717, 1.165) is 34.5 Å². The highest BCUT2D eigenvalue weighted by molar-refractivity contribution is 6.42. The Bertz CT molecular complexity index is 1070. The topological polar surface area (TPSA) is 51.3 Å². The predicted molar refractivity (Wildman–Crippen MR) is 113 cm³/mol. The van der Waals surface area contributed by atoms with Gasteiger partial charge in [-0.25, -0.2) is 0 Å². The minimum atomic E-state index is -0.0336. The summed E-state index contributed by atoms with van der Waals surface area (Å²) in [6.07, 6.45) is 1.34. The van der Waals surface area contributed by atoms with Crippen molar-refractivity contribution >= 4 is 34.5 Å². The van der Waals surface area contributed by atoms with Gasteiger partial charge in [-0.3, -0.25) is 4.99 Å². The van der Waals surface area contributed by atoms with Crippen LogP contribution in [0, 0.1) is 0 Å². The molecule has 0 amide bonds. The number of aliphatic imine (C=N–C) groups is 1. The molecule has 6 heteroatoms. The normalized spacial score (nSPS) is 17.0. The average molecular weight is 412 g/mol. The molecule has 0 radical (unpaired) electrons. The molecule has 1 atom stereocenters. The van der Waals surface area contributed by atoms with Crippen LogP contribution < -0.4 is 0 Å². The zero-order valence-corrected chi connectivity index (χ0v) is 17.1. The molecular formula is C22H19Cl2N3O. The van der Waals surface area contributed by atoms with Crippen LogP contribution in [0.3, 0.4) is 0 Å². The van der Waals surface area contributed by atoms with Gasteiger partial charge in [0.25, 0.3) is 5.89 Å². The Hall–Kier alpha value is -2.43. The number of hydrogen-bond donors (Lipinski definition) is 0. The Labute approximate surface area is 173 Å². The second kappa shape index (κ2) is 7.90. The van der Waals surface area contributed by atoms with E-state index in [1.807, 2.05) is 56.3 Å². The lowest BCUT2D eigenvalue weighted by molar-refractivity contribution is 0.398. The van der Waals surface area contributed by atoms with Gasteiger partial charge in [-0.2, -0.15) is 4.98 Å². The van der Waals surface area contributed by atoms with Crippen LogP contribution in [0.25, 0.3) is 5.57 Å². The van der Waals surface area contributed by atoms with Gasteiger partial charge in [0, 0.05) is 29.3 Å². The number of hydrogen-bond acceptors (Lipinski definition) is 4. The van der Waals surface area contributed by atoms with Gasteiger partial charge in [-0.15, -0.1) is 0 Å². The molecule has 4 nitrogen and oxygen atoms in total. The first-order chi connectivity index (χ1) is 13.5. The van der Waals surface area contributed by atoms with Crippen LogP contribution in [0.1, 0.15) is 49.0 Å². The number of allylic oxidation sites excluding steroid dienone is 2. The largest absolute Gasteiger partial charge is 0.334 e. The van der Waals surface area contributed by atoms with Gasteiger partial charge in [0.1, 0.15) is 0 Å². The fraction of sp³-hybridized carbons (Fsp3) is 0.227. The first-order valence-electron chi connectivity index (χ1n) is 9.08. The van der Waals surface area contributed by atoms with E-state index in [4.69, 9.17) is 27.7 Å². The first-order valence-corrected chi connectivity index (χ1v) is 9.84. The van der Waals surface area contributed by atoms with Gasteiger partial charge in [-0.1, -0.05) is 70.8 Å². The van der Waals surface area contributed by atoms with Crippen molar-refractivity contribution in [2.45, 2.75) is 32.6 Å². The molecule has 0 bridgehead atoms. The summed E-state index contributed by atoms with van der Waals surface area (Å²) in [5, 5.41) is 5.27. The number of aromatic nitrogens is 2. The van der Waals surface area contributed by atoms with Crippen molar-refractivity contribution in [3.05, 3.63) is 87.1 Å². The molecule has 1 unspecified atom stereocenters. The van der Waals surface area contributed by atoms with Crippen molar-refractivity contribution in [2.75, 3.05) is 0 Å². The standard InChI is InChI=1S/C22H19Cl2N3O/c1-13-11-17(16-9-6-10-18(23)21(16)24)20(14(2)25-13)22-26-19(27-28-22)12-15-7-4-3-5-8-15/h3-10,17H,11-12H2,1-2H3. The summed E-state index contributed by atoms with van der Waals surface area (Å²) in [6, 6.07) is 15.8. The zero-order chi connectivity index (χ0) is 19.7. The van der Waals surface area contributed by atoms with Gasteiger partial charge < -0.3 is 4.52 Å². The maximum absolute atomic E-state index is 6.53. The minimum absolute atomic E-state index is 0.0336. The van der Waals surface area contributed by atoms with Crippen LogP contribution in [-0.2, 0) is 6.42 Å². The Morgan fingerprint density at radius 2 is 1.82 bits per heavy atom. The monoisotopic (exact) mass is 411 g/mol. The van der Waals surface area contributed by atoms with Crippen molar-refractivity contribution in [3.63, 3.8) is 0 Å². The second-order valence-electron chi connectivity index (χ2n) is 6.92.